The van der Waals surface area contributed by atoms with Crippen molar-refractivity contribution >= 4 is 35.0 Å². The number of esters is 1. The van der Waals surface area contributed by atoms with Crippen molar-refractivity contribution in [2.45, 2.75) is 33.7 Å². The highest BCUT2D eigenvalue weighted by atomic mass is 32.1. The lowest BCUT2D eigenvalue weighted by molar-refractivity contribution is -0.139. The Morgan fingerprint density at radius 2 is 2.04 bits per heavy atom. The van der Waals surface area contributed by atoms with Crippen LogP contribution in [0.4, 0.5) is 10.5 Å². The van der Waals surface area contributed by atoms with Crippen molar-refractivity contribution in [2.75, 3.05) is 25.0 Å². The maximum Gasteiger partial charge on any atom is 0.338 e. The lowest BCUT2D eigenvalue weighted by Crippen LogP contribution is -2.47. The predicted molar refractivity (Wildman–Crippen MR) is 109 cm³/mol. The number of nitrogens with one attached hydrogen (secondary N) is 3. The lowest BCUT2D eigenvalue weighted by atomic mass is 9.94. The van der Waals surface area contributed by atoms with Crippen LogP contribution in [0.5, 0.6) is 0 Å². The molecule has 0 spiro atoms. The highest BCUT2D eigenvalue weighted by Crippen LogP contribution is 2.32. The normalized spacial score (nSPS) is 16.7. The van der Waals surface area contributed by atoms with Crippen LogP contribution in [0.25, 0.3) is 0 Å². The van der Waals surface area contributed by atoms with Gasteiger partial charge in [-0.05, 0) is 57.6 Å². The fourth-order valence-electron chi connectivity index (χ4n) is 3.02. The second-order valence-corrected chi connectivity index (χ2v) is 6.34. The number of nitrogens with zero attached hydrogens (tertiary/aromatic N) is 1. The van der Waals surface area contributed by atoms with E-state index in [1.165, 1.54) is 0 Å². The fourth-order valence-corrected chi connectivity index (χ4v) is 3.40. The first-order valence-electron chi connectivity index (χ1n) is 9.03. The molecule has 1 atom stereocenters. The fraction of sp³-hybridized carbons (Fsp3) is 0.421. The third-order valence-corrected chi connectivity index (χ3v) is 4.56. The third kappa shape index (κ3) is 4.77. The topological polar surface area (TPSA) is 82.7 Å². The summed E-state index contributed by atoms with van der Waals surface area (Å²) < 4.78 is 5.27. The van der Waals surface area contributed by atoms with E-state index in [-0.39, 0.29) is 18.6 Å². The van der Waals surface area contributed by atoms with Gasteiger partial charge >= 0.3 is 12.0 Å². The van der Waals surface area contributed by atoms with Gasteiger partial charge in [0.15, 0.2) is 5.11 Å². The molecule has 0 saturated carbocycles. The predicted octanol–water partition coefficient (Wildman–Crippen LogP) is 2.92. The Labute approximate surface area is 165 Å². The molecule has 3 N–H and O–H groups in total. The molecule has 0 unspecified atom stereocenters. The van der Waals surface area contributed by atoms with Crippen molar-refractivity contribution in [2.24, 2.45) is 0 Å². The highest BCUT2D eigenvalue weighted by Gasteiger charge is 2.34. The molecular weight excluding hydrogens is 364 g/mol. The number of anilines is 1. The smallest absolute Gasteiger partial charge is 0.338 e. The zero-order valence-electron chi connectivity index (χ0n) is 16.1. The van der Waals surface area contributed by atoms with Gasteiger partial charge in [0.1, 0.15) is 0 Å². The van der Waals surface area contributed by atoms with Crippen LogP contribution in [0.2, 0.25) is 0 Å². The van der Waals surface area contributed by atoms with Gasteiger partial charge in [0, 0.05) is 24.5 Å². The SMILES string of the molecule is CCNC(=O)Nc1cccc([C@@H]2NC(=S)N(CC)C(C)=C2C(=O)OCC)c1. The first-order valence-corrected chi connectivity index (χ1v) is 9.44. The van der Waals surface area contributed by atoms with Crippen LogP contribution < -0.4 is 16.0 Å². The first kappa shape index (κ1) is 20.7. The molecule has 0 saturated heterocycles. The van der Waals surface area contributed by atoms with Crippen LogP contribution in [0, 0.1) is 0 Å². The molecule has 0 fully saturated rings. The van der Waals surface area contributed by atoms with Crippen molar-refractivity contribution in [1.82, 2.24) is 15.5 Å². The average Bonchev–Trinajstić information content (AvgIpc) is 2.62. The summed E-state index contributed by atoms with van der Waals surface area (Å²) in [6.07, 6.45) is 0. The van der Waals surface area contributed by atoms with Crippen LogP contribution in [0.1, 0.15) is 39.3 Å². The maximum absolute atomic E-state index is 12.6. The van der Waals surface area contributed by atoms with E-state index in [1.54, 1.807) is 13.0 Å². The minimum atomic E-state index is -0.449. The molecule has 2 amide bonds. The Bertz CT molecular complexity index is 763. The molecule has 146 valence electrons. The summed E-state index contributed by atoms with van der Waals surface area (Å²) in [4.78, 5) is 26.3. The van der Waals surface area contributed by atoms with E-state index in [9.17, 15) is 9.59 Å². The molecule has 1 aromatic carbocycles. The number of benzene rings is 1. The number of ether oxygens (including phenoxy) is 1. The standard InChI is InChI=1S/C19H26N4O3S/c1-5-20-18(25)21-14-10-8-9-13(11-14)16-15(17(24)26-7-3)12(4)23(6-2)19(27)22-16/h8-11,16H,5-7H2,1-4H3,(H,22,27)(H2,20,21,25)/t16-/m0/s1. The van der Waals surface area contributed by atoms with Gasteiger partial charge in [-0.2, -0.15) is 0 Å². The van der Waals surface area contributed by atoms with Gasteiger partial charge in [0.2, 0.25) is 0 Å². The largest absolute Gasteiger partial charge is 0.463 e. The van der Waals surface area contributed by atoms with E-state index >= 15 is 0 Å². The van der Waals surface area contributed by atoms with Gasteiger partial charge in [-0.1, -0.05) is 12.1 Å². The molecule has 1 aliphatic rings. The van der Waals surface area contributed by atoms with E-state index < -0.39 is 6.04 Å². The molecule has 2 rings (SSSR count). The number of rotatable bonds is 6. The first-order chi connectivity index (χ1) is 12.9. The summed E-state index contributed by atoms with van der Waals surface area (Å²) in [5.74, 6) is -0.379. The highest BCUT2D eigenvalue weighted by molar-refractivity contribution is 7.80. The number of urea groups is 1. The monoisotopic (exact) mass is 390 g/mol. The zero-order valence-corrected chi connectivity index (χ0v) is 16.9. The van der Waals surface area contributed by atoms with Crippen LogP contribution >= 0.6 is 12.2 Å². The van der Waals surface area contributed by atoms with Gasteiger partial charge < -0.3 is 25.6 Å². The van der Waals surface area contributed by atoms with Crippen molar-refractivity contribution < 1.29 is 14.3 Å². The number of carbonyl (C=O) groups is 2. The Balaban J connectivity index is 2.42. The summed E-state index contributed by atoms with van der Waals surface area (Å²) in [7, 11) is 0. The van der Waals surface area contributed by atoms with Crippen LogP contribution in [-0.4, -0.2) is 41.7 Å². The molecule has 1 aromatic rings. The summed E-state index contributed by atoms with van der Waals surface area (Å²) in [6, 6.07) is 6.60. The van der Waals surface area contributed by atoms with Gasteiger partial charge in [0.05, 0.1) is 18.2 Å². The minimum Gasteiger partial charge on any atom is -0.463 e. The molecule has 0 bridgehead atoms. The molecule has 1 heterocycles. The van der Waals surface area contributed by atoms with Gasteiger partial charge in [0.25, 0.3) is 0 Å². The summed E-state index contributed by atoms with van der Waals surface area (Å²) in [6.45, 7) is 8.93. The lowest BCUT2D eigenvalue weighted by Gasteiger charge is -2.37. The maximum atomic E-state index is 12.6. The van der Waals surface area contributed by atoms with E-state index in [2.05, 4.69) is 16.0 Å². The average molecular weight is 391 g/mol. The molecule has 8 heteroatoms. The molecule has 1 aliphatic heterocycles. The Kier molecular flexibility index (Phi) is 7.18. The van der Waals surface area contributed by atoms with Crippen LogP contribution in [0.3, 0.4) is 0 Å². The quantitative estimate of drug-likeness (QED) is 0.512. The van der Waals surface area contributed by atoms with Gasteiger partial charge in [-0.15, -0.1) is 0 Å². The van der Waals surface area contributed by atoms with E-state index in [0.717, 1.165) is 11.3 Å². The van der Waals surface area contributed by atoms with Crippen LogP contribution in [-0.2, 0) is 9.53 Å². The summed E-state index contributed by atoms with van der Waals surface area (Å²) in [5.41, 5.74) is 2.73. The molecule has 0 radical (unpaired) electrons. The Hall–Kier alpha value is -2.61. The number of carbonyl (C=O) groups excluding carboxylic acids is 2. The second-order valence-electron chi connectivity index (χ2n) is 5.96. The zero-order chi connectivity index (χ0) is 20.0. The number of hydrogen-bond donors (Lipinski definition) is 3. The number of amides is 2. The second kappa shape index (κ2) is 9.36. The third-order valence-electron chi connectivity index (χ3n) is 4.22. The van der Waals surface area contributed by atoms with E-state index in [0.29, 0.717) is 29.5 Å². The number of hydrogen-bond acceptors (Lipinski definition) is 4. The summed E-state index contributed by atoms with van der Waals surface area (Å²) in [5, 5.41) is 9.25. The molecular formula is C19H26N4O3S. The minimum absolute atomic E-state index is 0.281. The van der Waals surface area contributed by atoms with Crippen molar-refractivity contribution in [3.8, 4) is 0 Å². The number of thiocarbonyl (C=S) groups is 1. The van der Waals surface area contributed by atoms with Gasteiger partial charge in [-0.25, -0.2) is 9.59 Å². The van der Waals surface area contributed by atoms with Crippen molar-refractivity contribution in [3.63, 3.8) is 0 Å². The van der Waals surface area contributed by atoms with Crippen molar-refractivity contribution in [1.29, 1.82) is 0 Å². The van der Waals surface area contributed by atoms with E-state index in [4.69, 9.17) is 17.0 Å². The Morgan fingerprint density at radius 1 is 1.30 bits per heavy atom. The van der Waals surface area contributed by atoms with Crippen LogP contribution in [0.15, 0.2) is 35.5 Å². The van der Waals surface area contributed by atoms with Crippen molar-refractivity contribution in [3.05, 3.63) is 41.1 Å². The van der Waals surface area contributed by atoms with Gasteiger partial charge in [-0.3, -0.25) is 0 Å². The number of allylic oxidation sites excluding steroid dienone is 1. The van der Waals surface area contributed by atoms with E-state index in [1.807, 2.05) is 43.9 Å². The summed E-state index contributed by atoms with van der Waals surface area (Å²) >= 11 is 5.47. The molecule has 27 heavy (non-hydrogen) atoms. The molecule has 7 nitrogen and oxygen atoms in total. The Morgan fingerprint density at radius 3 is 2.67 bits per heavy atom. The molecule has 0 aliphatic carbocycles. The molecule has 0 aromatic heterocycles.